The highest BCUT2D eigenvalue weighted by Crippen LogP contribution is 2.47. The monoisotopic (exact) mass is 1070 g/mol. The molecule has 4 spiro atoms. The van der Waals surface area contributed by atoms with E-state index in [9.17, 15) is 58.5 Å². The molecule has 2 aliphatic carbocycles. The molecule has 1 atom stereocenters. The Labute approximate surface area is 437 Å². The average molecular weight is 1070 g/mol. The number of aliphatic hydroxyl groups is 3. The van der Waals surface area contributed by atoms with Crippen LogP contribution in [0.3, 0.4) is 0 Å². The first-order valence-corrected chi connectivity index (χ1v) is 24.1. The summed E-state index contributed by atoms with van der Waals surface area (Å²) in [6, 6.07) is 0. The van der Waals surface area contributed by atoms with Crippen molar-refractivity contribution in [2.75, 3.05) is 0 Å². The van der Waals surface area contributed by atoms with Crippen LogP contribution < -0.4 is 0 Å². The molecule has 6 aliphatic heterocycles. The number of rotatable bonds is 11. The lowest BCUT2D eigenvalue weighted by atomic mass is 9.87. The van der Waals surface area contributed by atoms with E-state index in [1.54, 1.807) is 13.8 Å². The van der Waals surface area contributed by atoms with Gasteiger partial charge in [-0.25, -0.2) is 43.2 Å². The van der Waals surface area contributed by atoms with Crippen LogP contribution in [0.4, 0.5) is 0 Å². The Morgan fingerprint density at radius 2 is 0.558 bits per heavy atom. The van der Waals surface area contributed by atoms with E-state index in [0.29, 0.717) is 6.42 Å². The van der Waals surface area contributed by atoms with Crippen molar-refractivity contribution in [3.8, 4) is 0 Å². The summed E-state index contributed by atoms with van der Waals surface area (Å²) in [5.74, 6) is -20.2. The number of carbonyl (C=O) groups is 9. The van der Waals surface area contributed by atoms with E-state index in [4.69, 9.17) is 56.8 Å². The molecule has 0 amide bonds. The number of ether oxygens (including phenoxy) is 12. The summed E-state index contributed by atoms with van der Waals surface area (Å²) in [7, 11) is 0. The highest BCUT2D eigenvalue weighted by Gasteiger charge is 2.58. The van der Waals surface area contributed by atoms with Gasteiger partial charge in [0.15, 0.2) is 0 Å². The molecule has 8 rings (SSSR count). The standard InChI is InChI=1S/C53H50O24/c1-5-48(3)66-36(54)30(37(55)67-48)16-10-7-12-18-32-40(58)70-50(71-41(32)59)22-26-52(27-23-50)74-44(62)34(45(63)75-52)20-14-9-15-21-35-46(64)76-53(77-47(35)65)28-24-51(25-29-53)72-42(60)33(43(61)73-51)19-13-8-11-17-31-38(56)68-49(4,6-2)69-39(31)57/h7-21,54,60,62H,5-6,22-29H2,1-4H3/b11-8?,12-7+,15-9+,16-10+,19-13?,20-14+,31-17?,32-18?,35-21?. The van der Waals surface area contributed by atoms with Gasteiger partial charge >= 0.3 is 53.7 Å². The summed E-state index contributed by atoms with van der Waals surface area (Å²) in [6.07, 6.45) is 17.9. The van der Waals surface area contributed by atoms with Gasteiger partial charge in [0.05, 0.1) is 0 Å². The zero-order chi connectivity index (χ0) is 55.6. The SMILES string of the molecule is CCC1(C)OC(=O)C(=CC=CC=CC2=C(O)OC3(CCC4(CC3)OC(=O)C(=C/C=C/C=C/C3=C(O)OC5(CCC6(CC5)OC(=O)C(=C/C=C/C=C/C5=C(O)OC(C)(CC)OC5=O)C(=O)O6)OC3=O)C(=O)O4)OC2=O)C(=O)O1. The Hall–Kier alpha value is -9.09. The van der Waals surface area contributed by atoms with Gasteiger partial charge in [-0.15, -0.1) is 0 Å². The molecule has 3 N–H and O–H groups in total. The van der Waals surface area contributed by atoms with Gasteiger partial charge in [0.25, 0.3) is 52.6 Å². The molecule has 2 saturated carbocycles. The molecule has 1 unspecified atom stereocenters. The van der Waals surface area contributed by atoms with E-state index in [0.717, 1.165) is 24.3 Å². The number of aliphatic hydroxyl groups excluding tert-OH is 3. The first-order valence-electron chi connectivity index (χ1n) is 24.1. The maximum Gasteiger partial charge on any atom is 0.348 e. The third-order valence-corrected chi connectivity index (χ3v) is 13.2. The molecule has 77 heavy (non-hydrogen) atoms. The molecule has 8 aliphatic rings. The highest BCUT2D eigenvalue weighted by atomic mass is 16.8. The number of esters is 9. The third kappa shape index (κ3) is 11.5. The average Bonchev–Trinajstić information content (AvgIpc) is 3.35. The molecule has 5 fully saturated rings. The smallest absolute Gasteiger partial charge is 0.348 e. The predicted octanol–water partition coefficient (Wildman–Crippen LogP) is 5.62. The molecular weight excluding hydrogens is 1020 g/mol. The van der Waals surface area contributed by atoms with Crippen LogP contribution in [0.25, 0.3) is 0 Å². The van der Waals surface area contributed by atoms with Gasteiger partial charge in [-0.3, -0.25) is 0 Å². The molecule has 0 aromatic heterocycles. The first kappa shape index (κ1) is 54.2. The summed E-state index contributed by atoms with van der Waals surface area (Å²) in [4.78, 5) is 115. The number of cyclic esters (lactones) is 3. The van der Waals surface area contributed by atoms with Gasteiger partial charge in [0.1, 0.15) is 33.4 Å². The van der Waals surface area contributed by atoms with E-state index < -0.39 is 117 Å². The van der Waals surface area contributed by atoms with Crippen LogP contribution in [0.5, 0.6) is 0 Å². The summed E-state index contributed by atoms with van der Waals surface area (Å²) < 4.78 is 65.3. The predicted molar refractivity (Wildman–Crippen MR) is 251 cm³/mol. The second kappa shape index (κ2) is 20.9. The summed E-state index contributed by atoms with van der Waals surface area (Å²) in [5, 5.41) is 31.5. The van der Waals surface area contributed by atoms with Crippen molar-refractivity contribution in [2.45, 2.75) is 127 Å². The number of hydrogen-bond acceptors (Lipinski definition) is 24. The zero-order valence-electron chi connectivity index (χ0n) is 41.6. The van der Waals surface area contributed by atoms with Gasteiger partial charge in [0.2, 0.25) is 0 Å². The molecule has 24 nitrogen and oxygen atoms in total. The molecule has 3 saturated heterocycles. The Morgan fingerprint density at radius 1 is 0.325 bits per heavy atom. The maximum absolute atomic E-state index is 13.1. The Kier molecular flexibility index (Phi) is 14.7. The van der Waals surface area contributed by atoms with Crippen LogP contribution in [0, 0.1) is 0 Å². The van der Waals surface area contributed by atoms with Gasteiger partial charge in [0, 0.05) is 78.1 Å². The Bertz CT molecular complexity index is 2920. The molecule has 0 bridgehead atoms. The number of allylic oxidation sites excluding steroid dienone is 12. The van der Waals surface area contributed by atoms with Crippen molar-refractivity contribution < 1.29 is 115 Å². The van der Waals surface area contributed by atoms with E-state index >= 15 is 0 Å². The van der Waals surface area contributed by atoms with Gasteiger partial charge in [-0.2, -0.15) is 0 Å². The van der Waals surface area contributed by atoms with Crippen molar-refractivity contribution in [3.63, 3.8) is 0 Å². The van der Waals surface area contributed by atoms with Gasteiger partial charge < -0.3 is 72.2 Å². The molecule has 0 aromatic rings. The van der Waals surface area contributed by atoms with Crippen molar-refractivity contribution in [3.05, 3.63) is 142 Å². The second-order valence-corrected chi connectivity index (χ2v) is 18.6. The minimum atomic E-state index is -1.73. The minimum absolute atomic E-state index is 0.159. The molecular formula is C53H50O24. The largest absolute Gasteiger partial charge is 0.480 e. The van der Waals surface area contributed by atoms with Crippen molar-refractivity contribution >= 4 is 53.7 Å². The van der Waals surface area contributed by atoms with Crippen LogP contribution in [0.15, 0.2) is 142 Å². The fourth-order valence-corrected chi connectivity index (χ4v) is 8.51. The molecule has 0 radical (unpaired) electrons. The zero-order valence-corrected chi connectivity index (χ0v) is 41.6. The highest BCUT2D eigenvalue weighted by molar-refractivity contribution is 6.17. The van der Waals surface area contributed by atoms with Crippen molar-refractivity contribution in [1.29, 1.82) is 0 Å². The lowest BCUT2D eigenvalue weighted by Crippen LogP contribution is -2.54. The molecule has 0 aromatic carbocycles. The fraction of sp³-hybridized carbons (Fsp3) is 0.377. The third-order valence-electron chi connectivity index (χ3n) is 13.2. The van der Waals surface area contributed by atoms with E-state index in [1.165, 1.54) is 80.7 Å². The molecule has 6 heterocycles. The topological polar surface area (TPSA) is 325 Å². The summed E-state index contributed by atoms with van der Waals surface area (Å²) in [5.41, 5.74) is -2.24. The van der Waals surface area contributed by atoms with Crippen LogP contribution in [-0.2, 0) is 100.0 Å². The minimum Gasteiger partial charge on any atom is -0.480 e. The van der Waals surface area contributed by atoms with Crippen LogP contribution in [0.2, 0.25) is 0 Å². The first-order chi connectivity index (χ1) is 36.5. The van der Waals surface area contributed by atoms with Crippen molar-refractivity contribution in [2.24, 2.45) is 0 Å². The van der Waals surface area contributed by atoms with Crippen LogP contribution in [0.1, 0.15) is 91.9 Å². The molecule has 24 heteroatoms. The Morgan fingerprint density at radius 3 is 0.844 bits per heavy atom. The van der Waals surface area contributed by atoms with Crippen LogP contribution >= 0.6 is 0 Å². The normalized spacial score (nSPS) is 31.9. The van der Waals surface area contributed by atoms with E-state index in [2.05, 4.69) is 0 Å². The second-order valence-electron chi connectivity index (χ2n) is 18.6. The number of hydrogen-bond donors (Lipinski definition) is 3. The number of carbonyl (C=O) groups excluding carboxylic acids is 9. The summed E-state index contributed by atoms with van der Waals surface area (Å²) >= 11 is 0. The fourth-order valence-electron chi connectivity index (χ4n) is 8.51. The van der Waals surface area contributed by atoms with Gasteiger partial charge in [-0.05, 0) is 36.5 Å². The van der Waals surface area contributed by atoms with Crippen LogP contribution in [-0.4, -0.2) is 104 Å². The summed E-state index contributed by atoms with van der Waals surface area (Å²) in [6.45, 7) is 6.35. The lowest BCUT2D eigenvalue weighted by molar-refractivity contribution is -0.297. The van der Waals surface area contributed by atoms with E-state index in [1.807, 2.05) is 0 Å². The molecule has 406 valence electrons. The Balaban J connectivity index is 0.791. The van der Waals surface area contributed by atoms with E-state index in [-0.39, 0.29) is 80.1 Å². The van der Waals surface area contributed by atoms with Crippen molar-refractivity contribution in [1.82, 2.24) is 0 Å². The maximum atomic E-state index is 13.1. The quantitative estimate of drug-likeness (QED) is 0.0743. The van der Waals surface area contributed by atoms with Gasteiger partial charge in [-0.1, -0.05) is 68.5 Å². The lowest BCUT2D eigenvalue weighted by Gasteiger charge is -2.46.